The van der Waals surface area contributed by atoms with Gasteiger partial charge in [-0.05, 0) is 13.8 Å². The van der Waals surface area contributed by atoms with E-state index in [0.29, 0.717) is 24.6 Å². The second kappa shape index (κ2) is 4.99. The molecule has 18 heavy (non-hydrogen) atoms. The number of aromatic nitrogens is 4. The zero-order valence-corrected chi connectivity index (χ0v) is 10.3. The second-order valence-corrected chi connectivity index (χ2v) is 4.05. The number of hydrogen-bond acceptors (Lipinski definition) is 5. The van der Waals surface area contributed by atoms with Crippen molar-refractivity contribution in [2.24, 2.45) is 0 Å². The summed E-state index contributed by atoms with van der Waals surface area (Å²) in [6, 6.07) is 0. The minimum atomic E-state index is -0.844. The van der Waals surface area contributed by atoms with Gasteiger partial charge in [0.2, 0.25) is 5.89 Å². The van der Waals surface area contributed by atoms with Gasteiger partial charge in [-0.1, -0.05) is 5.21 Å². The molecular formula is C11H14N4O3. The zero-order chi connectivity index (χ0) is 13.1. The van der Waals surface area contributed by atoms with E-state index in [0.717, 1.165) is 11.5 Å². The maximum Gasteiger partial charge on any atom is 0.303 e. The first-order valence-electron chi connectivity index (χ1n) is 5.58. The lowest BCUT2D eigenvalue weighted by atomic mass is 10.2. The molecule has 0 aliphatic carbocycles. The van der Waals surface area contributed by atoms with Crippen molar-refractivity contribution < 1.29 is 14.3 Å². The molecule has 0 aromatic carbocycles. The summed E-state index contributed by atoms with van der Waals surface area (Å²) in [4.78, 5) is 14.7. The lowest BCUT2D eigenvalue weighted by Gasteiger charge is -1.93. The van der Waals surface area contributed by atoms with Crippen molar-refractivity contribution in [1.29, 1.82) is 0 Å². The molecule has 2 aromatic heterocycles. The summed E-state index contributed by atoms with van der Waals surface area (Å²) in [5.74, 6) is 0.513. The van der Waals surface area contributed by atoms with Gasteiger partial charge in [0.15, 0.2) is 0 Å². The van der Waals surface area contributed by atoms with Crippen LogP contribution in [0.4, 0.5) is 0 Å². The van der Waals surface area contributed by atoms with Crippen LogP contribution in [0.1, 0.15) is 29.5 Å². The summed E-state index contributed by atoms with van der Waals surface area (Å²) < 4.78 is 7.02. The Morgan fingerprint density at radius 1 is 1.50 bits per heavy atom. The van der Waals surface area contributed by atoms with Gasteiger partial charge in [-0.15, -0.1) is 5.10 Å². The molecule has 0 bridgehead atoms. The number of nitrogens with zero attached hydrogens (tertiary/aromatic N) is 4. The fourth-order valence-electron chi connectivity index (χ4n) is 1.51. The molecule has 2 heterocycles. The fourth-order valence-corrected chi connectivity index (χ4v) is 1.51. The molecule has 0 spiro atoms. The van der Waals surface area contributed by atoms with E-state index in [9.17, 15) is 4.79 Å². The first kappa shape index (κ1) is 12.3. The summed E-state index contributed by atoms with van der Waals surface area (Å²) in [6.45, 7) is 4.13. The highest BCUT2D eigenvalue weighted by atomic mass is 16.4. The maximum atomic E-state index is 10.4. The van der Waals surface area contributed by atoms with Crippen molar-refractivity contribution in [3.05, 3.63) is 29.2 Å². The van der Waals surface area contributed by atoms with Crippen molar-refractivity contribution >= 4 is 5.97 Å². The third-order valence-corrected chi connectivity index (χ3v) is 2.55. The standard InChI is InChI=1S/C11H14N4O3/c1-7-8(2)18-10(12-7)6-15-5-9(13-14-15)3-4-11(16)17/h5H,3-4,6H2,1-2H3,(H,16,17). The number of carbonyl (C=O) groups is 1. The molecule has 7 nitrogen and oxygen atoms in total. The molecule has 0 saturated carbocycles. The minimum absolute atomic E-state index is 0.0515. The van der Waals surface area contributed by atoms with Gasteiger partial charge in [0.25, 0.3) is 0 Å². The van der Waals surface area contributed by atoms with Gasteiger partial charge >= 0.3 is 5.97 Å². The number of carboxylic acids is 1. The van der Waals surface area contributed by atoms with Crippen molar-refractivity contribution in [1.82, 2.24) is 20.0 Å². The fraction of sp³-hybridized carbons (Fsp3) is 0.455. The molecule has 0 unspecified atom stereocenters. The van der Waals surface area contributed by atoms with E-state index in [2.05, 4.69) is 15.3 Å². The average molecular weight is 250 g/mol. The summed E-state index contributed by atoms with van der Waals surface area (Å²) in [7, 11) is 0. The molecule has 0 amide bonds. The van der Waals surface area contributed by atoms with Gasteiger partial charge in [-0.25, -0.2) is 9.67 Å². The van der Waals surface area contributed by atoms with Gasteiger partial charge in [0.05, 0.1) is 17.8 Å². The molecule has 0 atom stereocenters. The highest BCUT2D eigenvalue weighted by Gasteiger charge is 2.08. The van der Waals surface area contributed by atoms with E-state index in [1.165, 1.54) is 0 Å². The Balaban J connectivity index is 2.00. The molecule has 0 aliphatic rings. The average Bonchev–Trinajstić information content (AvgIpc) is 2.85. The van der Waals surface area contributed by atoms with Gasteiger partial charge in [-0.2, -0.15) is 0 Å². The third-order valence-electron chi connectivity index (χ3n) is 2.55. The largest absolute Gasteiger partial charge is 0.481 e. The number of aryl methyl sites for hydroxylation is 3. The number of carboxylic acid groups (broad SMARTS) is 1. The zero-order valence-electron chi connectivity index (χ0n) is 10.3. The van der Waals surface area contributed by atoms with Crippen LogP contribution in [0.25, 0.3) is 0 Å². The molecule has 96 valence electrons. The van der Waals surface area contributed by atoms with Crippen LogP contribution in [-0.2, 0) is 17.8 Å². The van der Waals surface area contributed by atoms with Crippen LogP contribution in [0.5, 0.6) is 0 Å². The third kappa shape index (κ3) is 2.93. The Labute approximate surface area is 103 Å². The minimum Gasteiger partial charge on any atom is -0.481 e. The van der Waals surface area contributed by atoms with Crippen LogP contribution < -0.4 is 0 Å². The SMILES string of the molecule is Cc1nc(Cn2cc(CCC(=O)O)nn2)oc1C. The second-order valence-electron chi connectivity index (χ2n) is 4.05. The van der Waals surface area contributed by atoms with Gasteiger partial charge in [0.1, 0.15) is 12.3 Å². The van der Waals surface area contributed by atoms with Crippen LogP contribution in [0, 0.1) is 13.8 Å². The van der Waals surface area contributed by atoms with Gasteiger partial charge in [0, 0.05) is 12.6 Å². The molecule has 2 aromatic rings. The van der Waals surface area contributed by atoms with Crippen molar-refractivity contribution in [3.8, 4) is 0 Å². The molecule has 1 N–H and O–H groups in total. The summed E-state index contributed by atoms with van der Waals surface area (Å²) >= 11 is 0. The predicted octanol–water partition coefficient (Wildman–Crippen LogP) is 0.948. The number of aliphatic carboxylic acids is 1. The molecule has 0 fully saturated rings. The lowest BCUT2D eigenvalue weighted by Crippen LogP contribution is -2.00. The molecule has 0 saturated heterocycles. The van der Waals surface area contributed by atoms with Crippen LogP contribution in [0.2, 0.25) is 0 Å². The van der Waals surface area contributed by atoms with Crippen molar-refractivity contribution in [3.63, 3.8) is 0 Å². The number of oxazole rings is 1. The van der Waals surface area contributed by atoms with E-state index >= 15 is 0 Å². The van der Waals surface area contributed by atoms with E-state index in [-0.39, 0.29) is 6.42 Å². The Morgan fingerprint density at radius 3 is 2.89 bits per heavy atom. The van der Waals surface area contributed by atoms with Gasteiger partial charge in [-0.3, -0.25) is 4.79 Å². The summed E-state index contributed by atoms with van der Waals surface area (Å²) in [5.41, 5.74) is 1.51. The molecule has 2 rings (SSSR count). The molecule has 0 radical (unpaired) electrons. The van der Waals surface area contributed by atoms with Gasteiger partial charge < -0.3 is 9.52 Å². The van der Waals surface area contributed by atoms with E-state index in [1.807, 2.05) is 13.8 Å². The van der Waals surface area contributed by atoms with E-state index in [1.54, 1.807) is 10.9 Å². The highest BCUT2D eigenvalue weighted by Crippen LogP contribution is 2.09. The van der Waals surface area contributed by atoms with Crippen LogP contribution in [0.3, 0.4) is 0 Å². The maximum absolute atomic E-state index is 10.4. The Bertz CT molecular complexity index is 539. The van der Waals surface area contributed by atoms with E-state index in [4.69, 9.17) is 9.52 Å². The Morgan fingerprint density at radius 2 is 2.28 bits per heavy atom. The summed E-state index contributed by atoms with van der Waals surface area (Å²) in [6.07, 6.45) is 2.13. The quantitative estimate of drug-likeness (QED) is 0.849. The molecule has 0 aliphatic heterocycles. The highest BCUT2D eigenvalue weighted by molar-refractivity contribution is 5.66. The molecule has 7 heteroatoms. The Hall–Kier alpha value is -2.18. The van der Waals surface area contributed by atoms with Crippen LogP contribution >= 0.6 is 0 Å². The Kier molecular flexibility index (Phi) is 3.40. The predicted molar refractivity (Wildman–Crippen MR) is 61.1 cm³/mol. The smallest absolute Gasteiger partial charge is 0.303 e. The van der Waals surface area contributed by atoms with E-state index < -0.39 is 5.97 Å². The number of hydrogen-bond donors (Lipinski definition) is 1. The van der Waals surface area contributed by atoms with Crippen LogP contribution in [0.15, 0.2) is 10.6 Å². The first-order chi connectivity index (χ1) is 8.54. The van der Waals surface area contributed by atoms with Crippen molar-refractivity contribution in [2.45, 2.75) is 33.2 Å². The first-order valence-corrected chi connectivity index (χ1v) is 5.58. The normalized spacial score (nSPS) is 10.8. The summed E-state index contributed by atoms with van der Waals surface area (Å²) in [5, 5.41) is 16.4. The van der Waals surface area contributed by atoms with Crippen molar-refractivity contribution in [2.75, 3.05) is 0 Å². The monoisotopic (exact) mass is 250 g/mol. The molecular weight excluding hydrogens is 236 g/mol. The number of rotatable bonds is 5. The van der Waals surface area contributed by atoms with Crippen LogP contribution in [-0.4, -0.2) is 31.1 Å². The lowest BCUT2D eigenvalue weighted by molar-refractivity contribution is -0.136. The topological polar surface area (TPSA) is 94.0 Å².